The normalized spacial score (nSPS) is 13.7. The first-order chi connectivity index (χ1) is 17.0. The summed E-state index contributed by atoms with van der Waals surface area (Å²) in [7, 11) is 0. The predicted molar refractivity (Wildman–Crippen MR) is 138 cm³/mol. The van der Waals surface area contributed by atoms with Gasteiger partial charge in [0, 0.05) is 47.6 Å². The number of aromatic amines is 1. The summed E-state index contributed by atoms with van der Waals surface area (Å²) in [5.41, 5.74) is 11.2. The maximum absolute atomic E-state index is 11.9. The highest BCUT2D eigenvalue weighted by Crippen LogP contribution is 2.44. The smallest absolute Gasteiger partial charge is 0.411 e. The number of hydrogen-bond donors (Lipinski definition) is 3. The van der Waals surface area contributed by atoms with Crippen molar-refractivity contribution in [2.75, 3.05) is 17.7 Å². The summed E-state index contributed by atoms with van der Waals surface area (Å²) < 4.78 is 13.6. The number of hydrogen-bond acceptors (Lipinski definition) is 5. The molecule has 0 atom stereocenters. The Balaban J connectivity index is 1.43. The fraction of sp³-hybridized carbons (Fsp3) is 0.333. The number of nitrogens with zero attached hydrogens (tertiary/aromatic N) is 2. The zero-order chi connectivity index (χ0) is 24.4. The number of benzene rings is 2. The molecule has 0 aliphatic heterocycles. The van der Waals surface area contributed by atoms with Crippen LogP contribution in [0.2, 0.25) is 0 Å². The number of nitrogens with two attached hydrogens (primary N) is 1. The van der Waals surface area contributed by atoms with Gasteiger partial charge in [-0.15, -0.1) is 0 Å². The van der Waals surface area contributed by atoms with Gasteiger partial charge in [-0.05, 0) is 57.4 Å². The second-order valence-electron chi connectivity index (χ2n) is 9.19. The molecule has 2 aromatic heterocycles. The molecule has 8 heteroatoms. The molecule has 0 bridgehead atoms. The van der Waals surface area contributed by atoms with E-state index in [9.17, 15) is 4.79 Å². The van der Waals surface area contributed by atoms with Gasteiger partial charge in [0.1, 0.15) is 11.6 Å². The molecule has 182 valence electrons. The predicted octanol–water partition coefficient (Wildman–Crippen LogP) is 5.92. The fourth-order valence-corrected chi connectivity index (χ4v) is 4.50. The van der Waals surface area contributed by atoms with Crippen molar-refractivity contribution in [1.82, 2.24) is 14.5 Å². The van der Waals surface area contributed by atoms with Gasteiger partial charge in [0.05, 0.1) is 29.6 Å². The number of carbonyl (C=O) groups excluding carboxylic acids is 1. The van der Waals surface area contributed by atoms with Gasteiger partial charge in [-0.2, -0.15) is 0 Å². The van der Waals surface area contributed by atoms with E-state index in [0.717, 1.165) is 52.3 Å². The number of fused-ring (bicyclic) bond motifs is 1. The van der Waals surface area contributed by atoms with Gasteiger partial charge in [0.15, 0.2) is 0 Å². The maximum Gasteiger partial charge on any atom is 0.411 e. The molecule has 0 radical (unpaired) electrons. The summed E-state index contributed by atoms with van der Waals surface area (Å²) in [5.74, 6) is 1.72. The first kappa shape index (κ1) is 22.8. The molecule has 1 aliphatic rings. The minimum absolute atomic E-state index is 0.175. The van der Waals surface area contributed by atoms with Crippen LogP contribution in [0.3, 0.4) is 0 Å². The average molecular weight is 474 g/mol. The van der Waals surface area contributed by atoms with Crippen molar-refractivity contribution in [1.29, 1.82) is 0 Å². The summed E-state index contributed by atoms with van der Waals surface area (Å²) in [6.07, 6.45) is 7.10. The zero-order valence-electron chi connectivity index (χ0n) is 20.1. The number of nitrogen functional groups attached to an aromatic ring is 1. The van der Waals surface area contributed by atoms with Crippen LogP contribution in [-0.2, 0) is 11.2 Å². The number of amides is 1. The number of ether oxygens (including phenoxy) is 2. The van der Waals surface area contributed by atoms with Crippen LogP contribution in [0, 0.1) is 0 Å². The second-order valence-corrected chi connectivity index (χ2v) is 9.19. The van der Waals surface area contributed by atoms with Crippen molar-refractivity contribution < 1.29 is 14.3 Å². The highest BCUT2D eigenvalue weighted by atomic mass is 16.6. The van der Waals surface area contributed by atoms with Crippen LogP contribution in [0.5, 0.6) is 5.75 Å². The van der Waals surface area contributed by atoms with Crippen LogP contribution >= 0.6 is 0 Å². The Bertz CT molecular complexity index is 1310. The van der Waals surface area contributed by atoms with E-state index in [2.05, 4.69) is 25.9 Å². The first-order valence-corrected chi connectivity index (χ1v) is 12.1. The lowest BCUT2D eigenvalue weighted by atomic mass is 9.92. The van der Waals surface area contributed by atoms with Crippen molar-refractivity contribution in [3.8, 4) is 17.0 Å². The summed E-state index contributed by atoms with van der Waals surface area (Å²) in [6.45, 7) is 4.18. The van der Waals surface area contributed by atoms with Gasteiger partial charge in [0.25, 0.3) is 0 Å². The van der Waals surface area contributed by atoms with Gasteiger partial charge in [-0.1, -0.05) is 12.1 Å². The van der Waals surface area contributed by atoms with Gasteiger partial charge >= 0.3 is 6.09 Å². The Morgan fingerprint density at radius 2 is 2.03 bits per heavy atom. The molecule has 2 aromatic carbocycles. The fourth-order valence-electron chi connectivity index (χ4n) is 4.50. The molecule has 5 rings (SSSR count). The molecular formula is C27H31N5O3. The molecule has 1 saturated carbocycles. The molecule has 35 heavy (non-hydrogen) atoms. The number of aromatic nitrogens is 3. The van der Waals surface area contributed by atoms with Crippen molar-refractivity contribution in [3.05, 3.63) is 60.7 Å². The zero-order valence-corrected chi connectivity index (χ0v) is 20.1. The van der Waals surface area contributed by atoms with E-state index in [1.165, 1.54) is 6.42 Å². The molecule has 1 fully saturated rings. The van der Waals surface area contributed by atoms with Gasteiger partial charge < -0.3 is 24.8 Å². The molecular weight excluding hydrogens is 442 g/mol. The molecule has 0 saturated heterocycles. The van der Waals surface area contributed by atoms with E-state index in [4.69, 9.17) is 15.2 Å². The highest BCUT2D eigenvalue weighted by molar-refractivity contribution is 6.01. The third kappa shape index (κ3) is 4.82. The highest BCUT2D eigenvalue weighted by Gasteiger charge is 2.27. The van der Waals surface area contributed by atoms with E-state index in [1.807, 2.05) is 56.4 Å². The number of anilines is 2. The maximum atomic E-state index is 11.9. The number of carbonyl (C=O) groups is 1. The Labute approximate surface area is 204 Å². The number of imidazole rings is 1. The third-order valence-electron chi connectivity index (χ3n) is 6.36. The van der Waals surface area contributed by atoms with Crippen molar-refractivity contribution >= 4 is 28.4 Å². The lowest BCUT2D eigenvalue weighted by molar-refractivity contribution is 0.130. The van der Waals surface area contributed by atoms with E-state index >= 15 is 0 Å². The second kappa shape index (κ2) is 9.74. The van der Waals surface area contributed by atoms with Crippen molar-refractivity contribution in [3.63, 3.8) is 0 Å². The minimum Gasteiger partial charge on any atom is -0.493 e. The standard InChI is InChI=1S/C27H31N5O3/c1-17(2)35-27(33)31-19-8-6-18(7-9-19)26-25(28)22-11-10-21(34-15-12-24-29-13-14-30-24)16-23(22)32(26)20-4-3-5-20/h6-11,13-14,16-17,20H,3-5,12,15,28H2,1-2H3,(H,29,30)(H,31,33). The van der Waals surface area contributed by atoms with Crippen LogP contribution in [0.1, 0.15) is 45.0 Å². The largest absolute Gasteiger partial charge is 0.493 e. The third-order valence-corrected chi connectivity index (χ3v) is 6.36. The summed E-state index contributed by atoms with van der Waals surface area (Å²) in [4.78, 5) is 19.3. The Hall–Kier alpha value is -3.94. The lowest BCUT2D eigenvalue weighted by Gasteiger charge is -2.30. The van der Waals surface area contributed by atoms with E-state index in [1.54, 1.807) is 6.20 Å². The number of nitrogens with one attached hydrogen (secondary N) is 2. The monoisotopic (exact) mass is 473 g/mol. The van der Waals surface area contributed by atoms with Crippen LogP contribution in [0.25, 0.3) is 22.2 Å². The molecule has 2 heterocycles. The van der Waals surface area contributed by atoms with Crippen LogP contribution in [0.15, 0.2) is 54.9 Å². The number of H-pyrrole nitrogens is 1. The molecule has 4 N–H and O–H groups in total. The topological polar surface area (TPSA) is 107 Å². The Morgan fingerprint density at radius 1 is 1.23 bits per heavy atom. The average Bonchev–Trinajstić information content (AvgIpc) is 3.40. The Morgan fingerprint density at radius 3 is 2.69 bits per heavy atom. The van der Waals surface area contributed by atoms with Crippen LogP contribution < -0.4 is 15.8 Å². The van der Waals surface area contributed by atoms with Gasteiger partial charge in [-0.25, -0.2) is 9.78 Å². The van der Waals surface area contributed by atoms with E-state index in [-0.39, 0.29) is 6.10 Å². The Kier molecular flexibility index (Phi) is 6.35. The summed E-state index contributed by atoms with van der Waals surface area (Å²) in [6, 6.07) is 14.3. The first-order valence-electron chi connectivity index (χ1n) is 12.1. The molecule has 0 spiro atoms. The van der Waals surface area contributed by atoms with Crippen LogP contribution in [0.4, 0.5) is 16.2 Å². The van der Waals surface area contributed by atoms with Crippen LogP contribution in [-0.4, -0.2) is 33.3 Å². The van der Waals surface area contributed by atoms with E-state index in [0.29, 0.717) is 24.8 Å². The van der Waals surface area contributed by atoms with E-state index < -0.39 is 6.09 Å². The SMILES string of the molecule is CC(C)OC(=O)Nc1ccc(-c2c(N)c3ccc(OCCc4ncc[nH]4)cc3n2C2CCC2)cc1. The van der Waals surface area contributed by atoms with Crippen molar-refractivity contribution in [2.24, 2.45) is 0 Å². The quantitative estimate of drug-likeness (QED) is 0.295. The number of rotatable bonds is 8. The lowest BCUT2D eigenvalue weighted by Crippen LogP contribution is -2.18. The molecule has 4 aromatic rings. The minimum atomic E-state index is -0.463. The molecule has 8 nitrogen and oxygen atoms in total. The molecule has 1 amide bonds. The van der Waals surface area contributed by atoms with Gasteiger partial charge in [0.2, 0.25) is 0 Å². The van der Waals surface area contributed by atoms with Gasteiger partial charge in [-0.3, -0.25) is 5.32 Å². The summed E-state index contributed by atoms with van der Waals surface area (Å²) in [5, 5.41) is 3.79. The molecule has 0 unspecified atom stereocenters. The molecule has 1 aliphatic carbocycles. The van der Waals surface area contributed by atoms with Crippen molar-refractivity contribution in [2.45, 2.75) is 51.7 Å². The summed E-state index contributed by atoms with van der Waals surface area (Å²) >= 11 is 0.